The normalized spacial score (nSPS) is 31.2. The van der Waals surface area contributed by atoms with Crippen molar-refractivity contribution in [1.82, 2.24) is 5.32 Å². The lowest BCUT2D eigenvalue weighted by Gasteiger charge is -2.67. The van der Waals surface area contributed by atoms with Gasteiger partial charge in [0.2, 0.25) is 0 Å². The predicted octanol–water partition coefficient (Wildman–Crippen LogP) is 5.08. The molecule has 1 saturated heterocycles. The Bertz CT molecular complexity index is 2120. The van der Waals surface area contributed by atoms with Gasteiger partial charge in [0.05, 0.1) is 42.1 Å². The molecule has 65 heavy (non-hydrogen) atoms. The van der Waals surface area contributed by atoms with Gasteiger partial charge in [-0.15, -0.1) is 0 Å². The molecule has 1 aliphatic heterocycles. The zero-order valence-corrected chi connectivity index (χ0v) is 39.9. The third-order valence-corrected chi connectivity index (χ3v) is 14.6. The molecule has 2 bridgehead atoms. The van der Waals surface area contributed by atoms with Gasteiger partial charge in [-0.05, 0) is 78.0 Å². The van der Waals surface area contributed by atoms with Crippen molar-refractivity contribution in [1.29, 1.82) is 0 Å². The van der Waals surface area contributed by atoms with Crippen molar-refractivity contribution in [2.24, 2.45) is 16.7 Å². The number of nitrogens with one attached hydrogen (secondary N) is 1. The standard InChI is InChI=1S/C45H59F2NO15S2/c1-21(2)14-27(48-40(56)63-41(5,6)7)33(52)39(55)59-28-19-45(57)37(61-38(54)24-15-25(46)17-26(47)16-24)35-43(10,29(50)18-30-44(35,20-58-30)62-23(4)49)36(53)34(32(22(28)3)42(45,8)9)60-31(51)12-13-65-64-11/h14-17,27-30,33-35,37,50,52,57H,12-13,18-20H2,1-11H3,(H,48,56)/t27-,28-,29-,30+,33+,34+,35-,37-,43+,44-,45+/m0/s1. The Morgan fingerprint density at radius 1 is 1.03 bits per heavy atom. The summed E-state index contributed by atoms with van der Waals surface area (Å²) in [5.74, 6) is -9.20. The molecule has 16 nitrogen and oxygen atoms in total. The molecular formula is C45H59F2NO15S2. The van der Waals surface area contributed by atoms with E-state index in [1.807, 2.05) is 0 Å². The van der Waals surface area contributed by atoms with Crippen LogP contribution in [0.2, 0.25) is 0 Å². The van der Waals surface area contributed by atoms with Gasteiger partial charge < -0.3 is 49.1 Å². The van der Waals surface area contributed by atoms with E-state index >= 15 is 4.79 Å². The topological polar surface area (TPSA) is 231 Å². The molecule has 4 N–H and O–H groups in total. The number of amides is 1. The Kier molecular flexibility index (Phi) is 15.4. The minimum atomic E-state index is -2.59. The molecule has 20 heteroatoms. The number of Topliss-reactive ketones (excluding diaryl/α,β-unsaturated/α-hetero) is 1. The van der Waals surface area contributed by atoms with Crippen LogP contribution in [0.4, 0.5) is 13.6 Å². The first-order valence-electron chi connectivity index (χ1n) is 21.1. The summed E-state index contributed by atoms with van der Waals surface area (Å²) in [5.41, 5.74) is -9.63. The summed E-state index contributed by atoms with van der Waals surface area (Å²) in [5, 5.41) is 39.8. The van der Waals surface area contributed by atoms with Crippen molar-refractivity contribution in [3.8, 4) is 0 Å². The summed E-state index contributed by atoms with van der Waals surface area (Å²) in [7, 11) is 2.73. The number of halogens is 2. The average Bonchev–Trinajstić information content (AvgIpc) is 3.17. The van der Waals surface area contributed by atoms with Gasteiger partial charge in [-0.2, -0.15) is 0 Å². The molecule has 4 aliphatic rings. The molecule has 3 aliphatic carbocycles. The van der Waals surface area contributed by atoms with Crippen molar-refractivity contribution in [3.63, 3.8) is 0 Å². The number of carbonyl (C=O) groups excluding carboxylic acids is 6. The van der Waals surface area contributed by atoms with Gasteiger partial charge in [0.1, 0.15) is 41.1 Å². The molecule has 0 spiro atoms. The number of alkyl carbamates (subject to hydrolysis) is 1. The van der Waals surface area contributed by atoms with Gasteiger partial charge in [0.15, 0.2) is 23.6 Å². The molecule has 1 aromatic rings. The number of ketones is 1. The van der Waals surface area contributed by atoms with E-state index in [1.54, 1.807) is 40.9 Å². The SMILES string of the molecule is CSSCCC(=O)O[C@H]1C(=O)[C@@]2(C)[C@H]([C@H](OC(=O)c3cc(F)cc(F)c3)[C@]3(O)C[C@H](OC(=O)[C@H](O)[C@H](C=C(C)C)NC(=O)OC(C)(C)C)C(C)=C1C3(C)C)[C@]1(OC(C)=O)CO[C@@H]1C[C@@H]2O. The van der Waals surface area contributed by atoms with Crippen molar-refractivity contribution in [2.75, 3.05) is 18.6 Å². The maximum absolute atomic E-state index is 15.7. The molecule has 2 saturated carbocycles. The van der Waals surface area contributed by atoms with E-state index < -0.39 is 142 Å². The molecule has 1 amide bonds. The number of aliphatic hydroxyl groups is 3. The smallest absolute Gasteiger partial charge is 0.408 e. The van der Waals surface area contributed by atoms with Crippen LogP contribution >= 0.6 is 21.6 Å². The second kappa shape index (κ2) is 19.3. The van der Waals surface area contributed by atoms with Gasteiger partial charge in [-0.25, -0.2) is 23.2 Å². The summed E-state index contributed by atoms with van der Waals surface area (Å²) in [6.45, 7) is 14.5. The zero-order valence-electron chi connectivity index (χ0n) is 38.3. The van der Waals surface area contributed by atoms with Crippen LogP contribution < -0.4 is 5.32 Å². The van der Waals surface area contributed by atoms with Crippen molar-refractivity contribution >= 4 is 57.3 Å². The highest BCUT2D eigenvalue weighted by atomic mass is 33.1. The Hall–Kier alpha value is -4.08. The molecule has 5 rings (SSSR count). The maximum Gasteiger partial charge on any atom is 0.408 e. The van der Waals surface area contributed by atoms with Crippen molar-refractivity contribution in [3.05, 3.63) is 58.2 Å². The van der Waals surface area contributed by atoms with Gasteiger partial charge in [0.25, 0.3) is 0 Å². The van der Waals surface area contributed by atoms with E-state index in [2.05, 4.69) is 5.32 Å². The second-order valence-electron chi connectivity index (χ2n) is 19.0. The van der Waals surface area contributed by atoms with Crippen molar-refractivity contribution < 1.29 is 81.3 Å². The molecule has 0 unspecified atom stereocenters. The summed E-state index contributed by atoms with van der Waals surface area (Å²) in [4.78, 5) is 83.8. The van der Waals surface area contributed by atoms with E-state index in [9.17, 15) is 48.1 Å². The van der Waals surface area contributed by atoms with Crippen molar-refractivity contribution in [2.45, 2.75) is 148 Å². The fourth-order valence-corrected chi connectivity index (χ4v) is 10.9. The van der Waals surface area contributed by atoms with Crippen LogP contribution in [0.15, 0.2) is 41.0 Å². The highest BCUT2D eigenvalue weighted by Gasteiger charge is 2.78. The first kappa shape index (κ1) is 51.9. The number of benzene rings is 1. The molecule has 3 fully saturated rings. The number of esters is 4. The number of hydrogen-bond donors (Lipinski definition) is 4. The number of fused-ring (bicyclic) bond motifs is 5. The molecule has 0 aromatic heterocycles. The maximum atomic E-state index is 15.7. The van der Waals surface area contributed by atoms with Gasteiger partial charge >= 0.3 is 30.0 Å². The van der Waals surface area contributed by atoms with Crippen LogP contribution in [0.3, 0.4) is 0 Å². The summed E-state index contributed by atoms with van der Waals surface area (Å²) < 4.78 is 64.7. The lowest BCUT2D eigenvalue weighted by Crippen LogP contribution is -2.82. The van der Waals surface area contributed by atoms with Crippen LogP contribution in [0.25, 0.3) is 0 Å². The third-order valence-electron chi connectivity index (χ3n) is 12.8. The minimum Gasteiger partial charge on any atom is -0.456 e. The summed E-state index contributed by atoms with van der Waals surface area (Å²) >= 11 is 0. The number of allylic oxidation sites excluding steroid dienone is 1. The van der Waals surface area contributed by atoms with E-state index in [0.717, 1.165) is 6.92 Å². The van der Waals surface area contributed by atoms with Crippen LogP contribution in [0, 0.1) is 28.4 Å². The second-order valence-corrected chi connectivity index (χ2v) is 21.6. The summed E-state index contributed by atoms with van der Waals surface area (Å²) in [6, 6.07) is 0.468. The number of carbonyl (C=O) groups is 6. The molecular weight excluding hydrogens is 897 g/mol. The lowest BCUT2D eigenvalue weighted by atomic mass is 9.44. The number of hydrogen-bond acceptors (Lipinski definition) is 17. The van der Waals surface area contributed by atoms with Gasteiger partial charge in [-0.1, -0.05) is 47.1 Å². The number of ether oxygens (including phenoxy) is 6. The minimum absolute atomic E-state index is 0.0768. The molecule has 0 radical (unpaired) electrons. The van der Waals surface area contributed by atoms with E-state index in [4.69, 9.17) is 28.4 Å². The van der Waals surface area contributed by atoms with Gasteiger partial charge in [0, 0.05) is 37.0 Å². The number of aliphatic hydroxyl groups excluding tert-OH is 2. The van der Waals surface area contributed by atoms with E-state index in [-0.39, 0.29) is 29.7 Å². The molecule has 11 atom stereocenters. The Morgan fingerprint density at radius 2 is 1.66 bits per heavy atom. The Morgan fingerprint density at radius 3 is 2.20 bits per heavy atom. The lowest BCUT2D eigenvalue weighted by molar-refractivity contribution is -0.346. The Balaban J connectivity index is 1.77. The van der Waals surface area contributed by atoms with Crippen LogP contribution in [0.5, 0.6) is 0 Å². The van der Waals surface area contributed by atoms with E-state index in [1.165, 1.54) is 55.4 Å². The average molecular weight is 956 g/mol. The third kappa shape index (κ3) is 10.1. The van der Waals surface area contributed by atoms with E-state index in [0.29, 0.717) is 23.8 Å². The fourth-order valence-electron chi connectivity index (χ4n) is 9.72. The first-order chi connectivity index (χ1) is 30.0. The monoisotopic (exact) mass is 955 g/mol. The fraction of sp³-hybridized carbons (Fsp3) is 0.644. The van der Waals surface area contributed by atoms with Crippen LogP contribution in [-0.2, 0) is 47.6 Å². The summed E-state index contributed by atoms with van der Waals surface area (Å²) in [6.07, 6.45) is -9.56. The predicted molar refractivity (Wildman–Crippen MR) is 232 cm³/mol. The van der Waals surface area contributed by atoms with Crippen LogP contribution in [-0.4, -0.2) is 129 Å². The quantitative estimate of drug-likeness (QED) is 0.0664. The molecule has 1 heterocycles. The zero-order chi connectivity index (χ0) is 48.8. The molecule has 1 aromatic carbocycles. The number of rotatable bonds is 13. The largest absolute Gasteiger partial charge is 0.456 e. The molecule has 360 valence electrons. The highest BCUT2D eigenvalue weighted by Crippen LogP contribution is 2.64. The Labute approximate surface area is 384 Å². The highest BCUT2D eigenvalue weighted by molar-refractivity contribution is 8.76. The first-order valence-corrected chi connectivity index (χ1v) is 23.8. The van der Waals surface area contributed by atoms with Crippen LogP contribution in [0.1, 0.15) is 98.9 Å². The van der Waals surface area contributed by atoms with Gasteiger partial charge in [-0.3, -0.25) is 14.4 Å².